The highest BCUT2D eigenvalue weighted by molar-refractivity contribution is 6.30. The number of hydrogen-bond acceptors (Lipinski definition) is 5. The topological polar surface area (TPSA) is 65.2 Å². The molecule has 0 saturated heterocycles. The fourth-order valence-electron chi connectivity index (χ4n) is 1.92. The first-order valence-corrected chi connectivity index (χ1v) is 7.12. The number of ether oxygens (including phenoxy) is 1. The lowest BCUT2D eigenvalue weighted by atomic mass is 10.2. The largest absolute Gasteiger partial charge is 0.452 e. The number of carbonyl (C=O) groups is 1. The summed E-state index contributed by atoms with van der Waals surface area (Å²) in [7, 11) is 0. The predicted octanol–water partition coefficient (Wildman–Crippen LogP) is 4.03. The zero-order valence-electron chi connectivity index (χ0n) is 12.0. The number of esters is 1. The third-order valence-corrected chi connectivity index (χ3v) is 3.32. The van der Waals surface area contributed by atoms with Crippen molar-refractivity contribution >= 4 is 17.6 Å². The zero-order valence-corrected chi connectivity index (χ0v) is 12.8. The Kier molecular flexibility index (Phi) is 4.52. The normalized spacial score (nSPS) is 10.6. The maximum atomic E-state index is 13.5. The Morgan fingerprint density at radius 1 is 1.12 bits per heavy atom. The molecule has 0 aliphatic heterocycles. The first-order valence-electron chi connectivity index (χ1n) is 6.74. The summed E-state index contributed by atoms with van der Waals surface area (Å²) in [6, 6.07) is 9.78. The number of benzene rings is 2. The van der Waals surface area contributed by atoms with Gasteiger partial charge in [-0.05, 0) is 36.4 Å². The molecule has 5 nitrogen and oxygen atoms in total. The Balaban J connectivity index is 1.69. The first-order chi connectivity index (χ1) is 11.5. The van der Waals surface area contributed by atoms with Crippen LogP contribution in [0.1, 0.15) is 16.2 Å². The van der Waals surface area contributed by atoms with Crippen LogP contribution < -0.4 is 0 Å². The number of nitrogens with zero attached hydrogens (tertiary/aromatic N) is 2. The van der Waals surface area contributed by atoms with Crippen molar-refractivity contribution in [1.82, 2.24) is 10.1 Å². The average Bonchev–Trinajstić information content (AvgIpc) is 3.02. The molecule has 1 aromatic heterocycles. The van der Waals surface area contributed by atoms with Gasteiger partial charge in [0.15, 0.2) is 6.61 Å². The molecular formula is C16H9ClF2N2O3. The van der Waals surface area contributed by atoms with E-state index in [0.29, 0.717) is 10.6 Å². The lowest BCUT2D eigenvalue weighted by Gasteiger charge is -2.04. The summed E-state index contributed by atoms with van der Waals surface area (Å²) in [5.41, 5.74) is -0.115. The van der Waals surface area contributed by atoms with Crippen molar-refractivity contribution in [3.63, 3.8) is 0 Å². The highest BCUT2D eigenvalue weighted by atomic mass is 35.5. The second kappa shape index (κ2) is 6.76. The molecule has 8 heteroatoms. The summed E-state index contributed by atoms with van der Waals surface area (Å²) in [6.45, 7) is -0.410. The van der Waals surface area contributed by atoms with E-state index in [1.165, 1.54) is 0 Å². The van der Waals surface area contributed by atoms with Gasteiger partial charge < -0.3 is 9.26 Å². The fraction of sp³-hybridized carbons (Fsp3) is 0.0625. The minimum atomic E-state index is -1.16. The third-order valence-electron chi connectivity index (χ3n) is 3.06. The van der Waals surface area contributed by atoms with Crippen LogP contribution >= 0.6 is 11.6 Å². The summed E-state index contributed by atoms with van der Waals surface area (Å²) in [5, 5.41) is 4.29. The Bertz CT molecular complexity index is 861. The number of rotatable bonds is 4. The molecule has 2 aromatic carbocycles. The van der Waals surface area contributed by atoms with Crippen LogP contribution in [0.3, 0.4) is 0 Å². The van der Waals surface area contributed by atoms with Gasteiger partial charge in [0.1, 0.15) is 17.2 Å². The van der Waals surface area contributed by atoms with Gasteiger partial charge >= 0.3 is 5.97 Å². The molecule has 122 valence electrons. The molecule has 0 fully saturated rings. The summed E-state index contributed by atoms with van der Waals surface area (Å²) in [5.74, 6) is -2.91. The predicted molar refractivity (Wildman–Crippen MR) is 80.2 cm³/mol. The van der Waals surface area contributed by atoms with Crippen LogP contribution in [-0.4, -0.2) is 16.1 Å². The quantitative estimate of drug-likeness (QED) is 0.665. The van der Waals surface area contributed by atoms with Crippen molar-refractivity contribution in [3.8, 4) is 11.4 Å². The highest BCUT2D eigenvalue weighted by Gasteiger charge is 2.19. The molecule has 0 unspecified atom stereocenters. The number of hydrogen-bond donors (Lipinski definition) is 0. The van der Waals surface area contributed by atoms with Gasteiger partial charge in [0.2, 0.25) is 5.82 Å². The smallest absolute Gasteiger partial charge is 0.344 e. The molecule has 3 rings (SSSR count). The van der Waals surface area contributed by atoms with E-state index >= 15 is 0 Å². The Morgan fingerprint density at radius 2 is 1.79 bits per heavy atom. The van der Waals surface area contributed by atoms with E-state index in [0.717, 1.165) is 18.2 Å². The van der Waals surface area contributed by atoms with Gasteiger partial charge in [0.05, 0.1) is 0 Å². The Labute approximate surface area is 139 Å². The van der Waals surface area contributed by atoms with Gasteiger partial charge in [-0.15, -0.1) is 0 Å². The standard InChI is InChI=1S/C16H9ClF2N2O3/c17-10-6-4-9(5-7-10)15-20-13(24-21-15)8-23-16(22)14-11(18)2-1-3-12(14)19/h1-7H,8H2. The number of carbonyl (C=O) groups excluding carboxylic acids is 1. The minimum Gasteiger partial charge on any atom is -0.452 e. The maximum Gasteiger partial charge on any atom is 0.344 e. The second-order valence-corrected chi connectivity index (χ2v) is 5.13. The number of halogens is 3. The monoisotopic (exact) mass is 350 g/mol. The van der Waals surface area contributed by atoms with E-state index < -0.39 is 29.8 Å². The highest BCUT2D eigenvalue weighted by Crippen LogP contribution is 2.19. The van der Waals surface area contributed by atoms with Gasteiger partial charge in [0.25, 0.3) is 5.89 Å². The van der Waals surface area contributed by atoms with E-state index in [4.69, 9.17) is 20.9 Å². The van der Waals surface area contributed by atoms with Gasteiger partial charge in [-0.25, -0.2) is 13.6 Å². The molecule has 0 aliphatic carbocycles. The van der Waals surface area contributed by atoms with E-state index in [1.54, 1.807) is 24.3 Å². The summed E-state index contributed by atoms with van der Waals surface area (Å²) in [4.78, 5) is 15.8. The molecule has 0 spiro atoms. The number of aromatic nitrogens is 2. The van der Waals surface area contributed by atoms with E-state index in [9.17, 15) is 13.6 Å². The summed E-state index contributed by atoms with van der Waals surface area (Å²) >= 11 is 5.79. The maximum absolute atomic E-state index is 13.5. The van der Waals surface area contributed by atoms with Gasteiger partial charge in [0, 0.05) is 10.6 Å². The molecule has 0 saturated carbocycles. The SMILES string of the molecule is O=C(OCc1nc(-c2ccc(Cl)cc2)no1)c1c(F)cccc1F. The zero-order chi connectivity index (χ0) is 17.1. The molecule has 0 atom stereocenters. The third kappa shape index (κ3) is 3.41. The molecule has 1 heterocycles. The summed E-state index contributed by atoms with van der Waals surface area (Å²) < 4.78 is 36.7. The lowest BCUT2D eigenvalue weighted by Crippen LogP contribution is -2.10. The van der Waals surface area contributed by atoms with Crippen molar-refractivity contribution in [2.75, 3.05) is 0 Å². The molecule has 0 aliphatic rings. The summed E-state index contributed by atoms with van der Waals surface area (Å²) in [6.07, 6.45) is 0. The van der Waals surface area contributed by atoms with Crippen molar-refractivity contribution in [2.24, 2.45) is 0 Å². The van der Waals surface area contributed by atoms with Gasteiger partial charge in [-0.2, -0.15) is 4.98 Å². The molecule has 0 radical (unpaired) electrons. The van der Waals surface area contributed by atoms with E-state index in [-0.39, 0.29) is 11.7 Å². The van der Waals surface area contributed by atoms with Crippen LogP contribution in [0.25, 0.3) is 11.4 Å². The van der Waals surface area contributed by atoms with Crippen molar-refractivity contribution in [2.45, 2.75) is 6.61 Å². The van der Waals surface area contributed by atoms with Crippen molar-refractivity contribution in [1.29, 1.82) is 0 Å². The van der Waals surface area contributed by atoms with Gasteiger partial charge in [-0.1, -0.05) is 22.8 Å². The van der Waals surface area contributed by atoms with Crippen LogP contribution in [0, 0.1) is 11.6 Å². The Hall–Kier alpha value is -2.80. The van der Waals surface area contributed by atoms with Crippen LogP contribution in [0.15, 0.2) is 47.0 Å². The molecule has 3 aromatic rings. The molecule has 24 heavy (non-hydrogen) atoms. The fourth-order valence-corrected chi connectivity index (χ4v) is 2.05. The Morgan fingerprint density at radius 3 is 2.46 bits per heavy atom. The van der Waals surface area contributed by atoms with Gasteiger partial charge in [-0.3, -0.25) is 0 Å². The molecule has 0 amide bonds. The average molecular weight is 351 g/mol. The molecule has 0 bridgehead atoms. The van der Waals surface area contributed by atoms with E-state index in [2.05, 4.69) is 10.1 Å². The van der Waals surface area contributed by atoms with Crippen LogP contribution in [-0.2, 0) is 11.3 Å². The van der Waals surface area contributed by atoms with Crippen molar-refractivity contribution in [3.05, 3.63) is 70.6 Å². The van der Waals surface area contributed by atoms with Crippen LogP contribution in [0.5, 0.6) is 0 Å². The van der Waals surface area contributed by atoms with Crippen LogP contribution in [0.2, 0.25) is 5.02 Å². The van der Waals surface area contributed by atoms with Crippen LogP contribution in [0.4, 0.5) is 8.78 Å². The van der Waals surface area contributed by atoms with Crippen molar-refractivity contribution < 1.29 is 22.8 Å². The lowest BCUT2D eigenvalue weighted by molar-refractivity contribution is 0.0418. The first kappa shape index (κ1) is 16.1. The molecular weight excluding hydrogens is 342 g/mol. The molecule has 0 N–H and O–H groups in total. The van der Waals surface area contributed by atoms with E-state index in [1.807, 2.05) is 0 Å². The second-order valence-electron chi connectivity index (χ2n) is 4.69. The minimum absolute atomic E-state index is 0.00922.